The summed E-state index contributed by atoms with van der Waals surface area (Å²) >= 11 is 3.50. The number of hydrogen-bond donors (Lipinski definition) is 1. The number of nitrogen functional groups attached to an aromatic ring is 1. The van der Waals surface area contributed by atoms with Crippen molar-refractivity contribution in [1.82, 2.24) is 9.97 Å². The standard InChI is InChI=1S/C12H14BrN3/c1-6(2)12-15-10-7(3)9(13)5-4-8(10)11(14)16-12/h4-6H,1-3H3,(H2,14,15,16). The molecule has 0 spiro atoms. The van der Waals surface area contributed by atoms with Crippen LogP contribution in [0.15, 0.2) is 16.6 Å². The van der Waals surface area contributed by atoms with Gasteiger partial charge in [0.15, 0.2) is 0 Å². The van der Waals surface area contributed by atoms with Crippen LogP contribution in [0.3, 0.4) is 0 Å². The molecule has 4 heteroatoms. The summed E-state index contributed by atoms with van der Waals surface area (Å²) in [7, 11) is 0. The minimum Gasteiger partial charge on any atom is -0.383 e. The Balaban J connectivity index is 2.83. The van der Waals surface area contributed by atoms with Gasteiger partial charge in [-0.3, -0.25) is 0 Å². The molecule has 0 amide bonds. The van der Waals surface area contributed by atoms with Crippen LogP contribution in [0.5, 0.6) is 0 Å². The van der Waals surface area contributed by atoms with Gasteiger partial charge in [0.1, 0.15) is 11.6 Å². The quantitative estimate of drug-likeness (QED) is 0.870. The molecule has 0 saturated carbocycles. The Morgan fingerprint density at radius 2 is 1.94 bits per heavy atom. The summed E-state index contributed by atoms with van der Waals surface area (Å²) in [5.41, 5.74) is 7.99. The van der Waals surface area contributed by atoms with Gasteiger partial charge in [-0.15, -0.1) is 0 Å². The van der Waals surface area contributed by atoms with Crippen molar-refractivity contribution in [3.63, 3.8) is 0 Å². The van der Waals surface area contributed by atoms with Crippen LogP contribution in [0.1, 0.15) is 31.2 Å². The first-order valence-electron chi connectivity index (χ1n) is 5.23. The summed E-state index contributed by atoms with van der Waals surface area (Å²) < 4.78 is 1.05. The fraction of sp³-hybridized carbons (Fsp3) is 0.333. The smallest absolute Gasteiger partial charge is 0.135 e. The van der Waals surface area contributed by atoms with Crippen molar-refractivity contribution in [2.45, 2.75) is 26.7 Å². The molecule has 0 fully saturated rings. The third kappa shape index (κ3) is 1.78. The van der Waals surface area contributed by atoms with Crippen molar-refractivity contribution in [1.29, 1.82) is 0 Å². The lowest BCUT2D eigenvalue weighted by Crippen LogP contribution is -2.03. The maximum atomic E-state index is 5.95. The Kier molecular flexibility index (Phi) is 2.84. The number of halogens is 1. The van der Waals surface area contributed by atoms with Crippen molar-refractivity contribution < 1.29 is 0 Å². The van der Waals surface area contributed by atoms with Gasteiger partial charge in [0.05, 0.1) is 5.52 Å². The molecule has 3 nitrogen and oxygen atoms in total. The first kappa shape index (κ1) is 11.3. The third-order valence-electron chi connectivity index (χ3n) is 2.62. The summed E-state index contributed by atoms with van der Waals surface area (Å²) in [6.45, 7) is 6.16. The van der Waals surface area contributed by atoms with E-state index >= 15 is 0 Å². The highest BCUT2D eigenvalue weighted by Gasteiger charge is 2.11. The van der Waals surface area contributed by atoms with Gasteiger partial charge in [-0.2, -0.15) is 0 Å². The molecule has 0 unspecified atom stereocenters. The third-order valence-corrected chi connectivity index (χ3v) is 3.48. The number of aromatic nitrogens is 2. The highest BCUT2D eigenvalue weighted by molar-refractivity contribution is 9.10. The number of hydrogen-bond acceptors (Lipinski definition) is 3. The van der Waals surface area contributed by atoms with Crippen molar-refractivity contribution in [3.8, 4) is 0 Å². The number of aryl methyl sites for hydroxylation is 1. The maximum absolute atomic E-state index is 5.95. The van der Waals surface area contributed by atoms with E-state index in [1.165, 1.54) is 0 Å². The molecule has 2 aromatic rings. The normalized spacial score (nSPS) is 11.3. The molecule has 1 aromatic carbocycles. The Bertz CT molecular complexity index is 549. The molecular formula is C12H14BrN3. The fourth-order valence-corrected chi connectivity index (χ4v) is 1.93. The van der Waals surface area contributed by atoms with Gasteiger partial charge in [-0.1, -0.05) is 29.8 Å². The van der Waals surface area contributed by atoms with Crippen LogP contribution in [-0.2, 0) is 0 Å². The topological polar surface area (TPSA) is 51.8 Å². The monoisotopic (exact) mass is 279 g/mol. The molecular weight excluding hydrogens is 266 g/mol. The zero-order valence-corrected chi connectivity index (χ0v) is 11.2. The second-order valence-corrected chi connectivity index (χ2v) is 5.04. The van der Waals surface area contributed by atoms with Gasteiger partial charge < -0.3 is 5.73 Å². The zero-order valence-electron chi connectivity index (χ0n) is 9.58. The second-order valence-electron chi connectivity index (χ2n) is 4.19. The number of anilines is 1. The van der Waals surface area contributed by atoms with Crippen molar-refractivity contribution in [3.05, 3.63) is 28.0 Å². The molecule has 2 N–H and O–H groups in total. The van der Waals surface area contributed by atoms with E-state index < -0.39 is 0 Å². The van der Waals surface area contributed by atoms with Crippen LogP contribution in [0.4, 0.5) is 5.82 Å². The molecule has 2 rings (SSSR count). The predicted octanol–water partition coefficient (Wildman–Crippen LogP) is 3.41. The van der Waals surface area contributed by atoms with Crippen LogP contribution in [-0.4, -0.2) is 9.97 Å². The van der Waals surface area contributed by atoms with E-state index in [0.29, 0.717) is 5.82 Å². The van der Waals surface area contributed by atoms with Crippen molar-refractivity contribution in [2.24, 2.45) is 0 Å². The van der Waals surface area contributed by atoms with Crippen LogP contribution in [0.25, 0.3) is 10.9 Å². The Morgan fingerprint density at radius 1 is 1.25 bits per heavy atom. The number of nitrogens with zero attached hydrogens (tertiary/aromatic N) is 2. The van der Waals surface area contributed by atoms with E-state index in [1.54, 1.807) is 0 Å². The lowest BCUT2D eigenvalue weighted by molar-refractivity contribution is 0.785. The second kappa shape index (κ2) is 4.01. The van der Waals surface area contributed by atoms with E-state index in [4.69, 9.17) is 5.73 Å². The van der Waals surface area contributed by atoms with E-state index in [2.05, 4.69) is 39.7 Å². The fourth-order valence-electron chi connectivity index (χ4n) is 1.61. The molecule has 0 bridgehead atoms. The summed E-state index contributed by atoms with van der Waals surface area (Å²) in [5, 5.41) is 0.921. The minimum atomic E-state index is 0.282. The average Bonchev–Trinajstić information content (AvgIpc) is 2.23. The van der Waals surface area contributed by atoms with Crippen LogP contribution in [0, 0.1) is 6.92 Å². The van der Waals surface area contributed by atoms with Crippen LogP contribution < -0.4 is 5.73 Å². The number of rotatable bonds is 1. The van der Waals surface area contributed by atoms with Gasteiger partial charge in [-0.25, -0.2) is 9.97 Å². The number of fused-ring (bicyclic) bond motifs is 1. The van der Waals surface area contributed by atoms with Crippen LogP contribution >= 0.6 is 15.9 Å². The van der Waals surface area contributed by atoms with Gasteiger partial charge in [0.2, 0.25) is 0 Å². The molecule has 1 heterocycles. The summed E-state index contributed by atoms with van der Waals surface area (Å²) in [5.74, 6) is 1.64. The lowest BCUT2D eigenvalue weighted by atomic mass is 10.1. The highest BCUT2D eigenvalue weighted by Crippen LogP contribution is 2.28. The number of nitrogens with two attached hydrogens (primary N) is 1. The molecule has 16 heavy (non-hydrogen) atoms. The SMILES string of the molecule is Cc1c(Br)ccc2c(N)nc(C(C)C)nc12. The van der Waals surface area contributed by atoms with E-state index in [-0.39, 0.29) is 5.92 Å². The van der Waals surface area contributed by atoms with E-state index in [9.17, 15) is 0 Å². The molecule has 0 aliphatic heterocycles. The van der Waals surface area contributed by atoms with Gasteiger partial charge >= 0.3 is 0 Å². The number of benzene rings is 1. The highest BCUT2D eigenvalue weighted by atomic mass is 79.9. The summed E-state index contributed by atoms with van der Waals surface area (Å²) in [6.07, 6.45) is 0. The molecule has 0 radical (unpaired) electrons. The maximum Gasteiger partial charge on any atom is 0.135 e. The predicted molar refractivity (Wildman–Crippen MR) is 70.5 cm³/mol. The van der Waals surface area contributed by atoms with Crippen LogP contribution in [0.2, 0.25) is 0 Å². The molecule has 0 atom stereocenters. The van der Waals surface area contributed by atoms with Crippen molar-refractivity contribution >= 4 is 32.7 Å². The summed E-state index contributed by atoms with van der Waals surface area (Å²) in [4.78, 5) is 8.90. The van der Waals surface area contributed by atoms with Gasteiger partial charge in [0, 0.05) is 15.8 Å². The average molecular weight is 280 g/mol. The Hall–Kier alpha value is -1.16. The van der Waals surface area contributed by atoms with E-state index in [0.717, 1.165) is 26.8 Å². The molecule has 0 aliphatic rings. The Labute approximate surface area is 103 Å². The first-order chi connectivity index (χ1) is 7.50. The van der Waals surface area contributed by atoms with E-state index in [1.807, 2.05) is 19.1 Å². The van der Waals surface area contributed by atoms with Crippen molar-refractivity contribution in [2.75, 3.05) is 5.73 Å². The molecule has 1 aromatic heterocycles. The van der Waals surface area contributed by atoms with Gasteiger partial charge in [-0.05, 0) is 24.6 Å². The zero-order chi connectivity index (χ0) is 11.9. The molecule has 0 aliphatic carbocycles. The van der Waals surface area contributed by atoms with Gasteiger partial charge in [0.25, 0.3) is 0 Å². The molecule has 84 valence electrons. The first-order valence-corrected chi connectivity index (χ1v) is 6.02. The molecule has 0 saturated heterocycles. The summed E-state index contributed by atoms with van der Waals surface area (Å²) in [6, 6.07) is 3.93. The lowest BCUT2D eigenvalue weighted by Gasteiger charge is -2.10. The Morgan fingerprint density at radius 3 is 2.56 bits per heavy atom. The minimum absolute atomic E-state index is 0.282. The largest absolute Gasteiger partial charge is 0.383 e.